The molecule has 0 bridgehead atoms. The number of amides is 1. The Balaban J connectivity index is 1.78. The summed E-state index contributed by atoms with van der Waals surface area (Å²) in [5.74, 6) is 0.763. The Hall–Kier alpha value is -2.25. The van der Waals surface area contributed by atoms with Crippen LogP contribution in [0.1, 0.15) is 37.0 Å². The van der Waals surface area contributed by atoms with Gasteiger partial charge in [0.15, 0.2) is 0 Å². The molecule has 1 unspecified atom stereocenters. The maximum atomic E-state index is 12.7. The van der Waals surface area contributed by atoms with Crippen molar-refractivity contribution in [3.8, 4) is 5.75 Å². The smallest absolute Gasteiger partial charge is 0.261 e. The van der Waals surface area contributed by atoms with Gasteiger partial charge < -0.3 is 10.1 Å². The highest BCUT2D eigenvalue weighted by molar-refractivity contribution is 7.92. The van der Waals surface area contributed by atoms with Crippen LogP contribution < -0.4 is 14.8 Å². The minimum absolute atomic E-state index is 0.0324. The molecule has 3 rings (SSSR count). The Morgan fingerprint density at radius 2 is 1.89 bits per heavy atom. The molecule has 1 atom stereocenters. The molecule has 0 saturated heterocycles. The van der Waals surface area contributed by atoms with Gasteiger partial charge in [-0.2, -0.15) is 0 Å². The van der Waals surface area contributed by atoms with Crippen molar-refractivity contribution in [2.45, 2.75) is 37.6 Å². The molecule has 6 nitrogen and oxygen atoms in total. The number of hydrogen-bond donors (Lipinski definition) is 2. The topological polar surface area (TPSA) is 84.5 Å². The van der Waals surface area contributed by atoms with Crippen LogP contribution in [-0.4, -0.2) is 27.0 Å². The van der Waals surface area contributed by atoms with Crippen LogP contribution in [0.15, 0.2) is 47.4 Å². The normalized spacial score (nSPS) is 15.0. The van der Waals surface area contributed by atoms with Crippen LogP contribution >= 0.6 is 11.6 Å². The first-order valence-electron chi connectivity index (χ1n) is 9.16. The van der Waals surface area contributed by atoms with Crippen molar-refractivity contribution >= 4 is 33.2 Å². The number of hydrogen-bond acceptors (Lipinski definition) is 4. The van der Waals surface area contributed by atoms with Gasteiger partial charge >= 0.3 is 0 Å². The molecule has 28 heavy (non-hydrogen) atoms. The summed E-state index contributed by atoms with van der Waals surface area (Å²) in [7, 11) is -3.87. The Labute approximate surface area is 170 Å². The molecule has 1 aliphatic carbocycles. The lowest BCUT2D eigenvalue weighted by molar-refractivity contribution is 0.0936. The molecule has 2 aromatic carbocycles. The molecule has 1 amide bonds. The fourth-order valence-electron chi connectivity index (χ4n) is 2.84. The summed E-state index contributed by atoms with van der Waals surface area (Å²) < 4.78 is 33.3. The van der Waals surface area contributed by atoms with Gasteiger partial charge in [0.2, 0.25) is 0 Å². The zero-order chi connectivity index (χ0) is 20.3. The van der Waals surface area contributed by atoms with Crippen molar-refractivity contribution in [3.63, 3.8) is 0 Å². The van der Waals surface area contributed by atoms with E-state index in [1.54, 1.807) is 24.3 Å². The van der Waals surface area contributed by atoms with E-state index in [2.05, 4.69) is 10.0 Å². The van der Waals surface area contributed by atoms with Gasteiger partial charge in [-0.1, -0.05) is 11.6 Å². The van der Waals surface area contributed by atoms with E-state index in [0.29, 0.717) is 24.0 Å². The van der Waals surface area contributed by atoms with E-state index >= 15 is 0 Å². The number of sulfonamides is 1. The molecular formula is C20H23ClN2O4S. The minimum Gasteiger partial charge on any atom is -0.494 e. The van der Waals surface area contributed by atoms with Gasteiger partial charge in [-0.25, -0.2) is 8.42 Å². The van der Waals surface area contributed by atoms with Crippen molar-refractivity contribution in [3.05, 3.63) is 53.1 Å². The molecular weight excluding hydrogens is 400 g/mol. The summed E-state index contributed by atoms with van der Waals surface area (Å²) in [5.41, 5.74) is 0.537. The number of anilines is 1. The summed E-state index contributed by atoms with van der Waals surface area (Å²) in [5, 5.41) is 3.10. The first kappa shape index (κ1) is 20.5. The number of carbonyl (C=O) groups is 1. The minimum atomic E-state index is -3.87. The van der Waals surface area contributed by atoms with Gasteiger partial charge in [-0.05, 0) is 75.1 Å². The second kappa shape index (κ2) is 8.41. The largest absolute Gasteiger partial charge is 0.494 e. The number of ether oxygens (including phenoxy) is 1. The van der Waals surface area contributed by atoms with Crippen molar-refractivity contribution < 1.29 is 17.9 Å². The van der Waals surface area contributed by atoms with E-state index in [4.69, 9.17) is 16.3 Å². The molecule has 1 fully saturated rings. The monoisotopic (exact) mass is 422 g/mol. The maximum Gasteiger partial charge on any atom is 0.261 e. The molecule has 0 aromatic heterocycles. The highest BCUT2D eigenvalue weighted by atomic mass is 35.5. The van der Waals surface area contributed by atoms with Gasteiger partial charge in [0.25, 0.3) is 15.9 Å². The van der Waals surface area contributed by atoms with Gasteiger partial charge in [-0.15, -0.1) is 0 Å². The second-order valence-electron chi connectivity index (χ2n) is 6.80. The van der Waals surface area contributed by atoms with Crippen LogP contribution in [-0.2, 0) is 10.0 Å². The molecule has 0 radical (unpaired) electrons. The number of halogens is 1. The van der Waals surface area contributed by atoms with Crippen LogP contribution in [0.2, 0.25) is 5.02 Å². The van der Waals surface area contributed by atoms with Crippen molar-refractivity contribution in [1.29, 1.82) is 0 Å². The van der Waals surface area contributed by atoms with Gasteiger partial charge in [0.1, 0.15) is 5.75 Å². The summed E-state index contributed by atoms with van der Waals surface area (Å²) in [6.07, 6.45) is 2.19. The van der Waals surface area contributed by atoms with Crippen molar-refractivity contribution in [2.24, 2.45) is 5.92 Å². The third-order valence-electron chi connectivity index (χ3n) is 4.60. The summed E-state index contributed by atoms with van der Waals surface area (Å²) >= 11 is 6.14. The second-order valence-corrected chi connectivity index (χ2v) is 8.89. The number of benzene rings is 2. The highest BCUT2D eigenvalue weighted by Gasteiger charge is 2.29. The molecule has 1 aliphatic rings. The lowest BCUT2D eigenvalue weighted by Crippen LogP contribution is -2.34. The Bertz CT molecular complexity index is 957. The molecule has 8 heteroatoms. The van der Waals surface area contributed by atoms with E-state index in [1.165, 1.54) is 18.2 Å². The van der Waals surface area contributed by atoms with E-state index in [9.17, 15) is 13.2 Å². The molecule has 0 spiro atoms. The fraction of sp³-hybridized carbons (Fsp3) is 0.350. The van der Waals surface area contributed by atoms with Crippen LogP contribution in [0.25, 0.3) is 0 Å². The Kier molecular flexibility index (Phi) is 6.15. The average molecular weight is 423 g/mol. The lowest BCUT2D eigenvalue weighted by atomic mass is 10.1. The lowest BCUT2D eigenvalue weighted by Gasteiger charge is -2.15. The van der Waals surface area contributed by atoms with Crippen LogP contribution in [0.5, 0.6) is 5.75 Å². The first-order chi connectivity index (χ1) is 13.3. The van der Waals surface area contributed by atoms with Gasteiger partial charge in [0.05, 0.1) is 22.1 Å². The number of carbonyl (C=O) groups excluding carboxylic acids is 1. The SMILES string of the molecule is CCOc1ccc(NS(=O)(=O)c2ccc(Cl)c(C(=O)NC(C)C3CC3)c2)cc1. The third kappa shape index (κ3) is 4.97. The van der Waals surface area contributed by atoms with E-state index in [1.807, 2.05) is 13.8 Å². The molecule has 150 valence electrons. The molecule has 0 aliphatic heterocycles. The quantitative estimate of drug-likeness (QED) is 0.671. The van der Waals surface area contributed by atoms with E-state index in [0.717, 1.165) is 12.8 Å². The predicted octanol–water partition coefficient (Wildman–Crippen LogP) is 4.07. The molecule has 1 saturated carbocycles. The van der Waals surface area contributed by atoms with Crippen LogP contribution in [0.4, 0.5) is 5.69 Å². The summed E-state index contributed by atoms with van der Waals surface area (Å²) in [4.78, 5) is 12.5. The van der Waals surface area contributed by atoms with Gasteiger partial charge in [0, 0.05) is 11.7 Å². The van der Waals surface area contributed by atoms with Crippen LogP contribution in [0.3, 0.4) is 0 Å². The molecule has 0 heterocycles. The summed E-state index contributed by atoms with van der Waals surface area (Å²) in [6, 6.07) is 10.7. The number of nitrogens with one attached hydrogen (secondary N) is 2. The standard InChI is InChI=1S/C20H23ClN2O4S/c1-3-27-16-8-6-15(7-9-16)23-28(25,26)17-10-11-19(21)18(12-17)20(24)22-13(2)14-4-5-14/h6-14,23H,3-5H2,1-2H3,(H,22,24). The maximum absolute atomic E-state index is 12.7. The van der Waals surface area contributed by atoms with Crippen molar-refractivity contribution in [1.82, 2.24) is 5.32 Å². The Morgan fingerprint density at radius 1 is 1.21 bits per heavy atom. The third-order valence-corrected chi connectivity index (χ3v) is 6.31. The fourth-order valence-corrected chi connectivity index (χ4v) is 4.13. The van der Waals surface area contributed by atoms with Crippen LogP contribution in [0, 0.1) is 5.92 Å². The predicted molar refractivity (Wildman–Crippen MR) is 110 cm³/mol. The summed E-state index contributed by atoms with van der Waals surface area (Å²) in [6.45, 7) is 4.34. The molecule has 2 aromatic rings. The van der Waals surface area contributed by atoms with E-state index in [-0.39, 0.29) is 27.4 Å². The van der Waals surface area contributed by atoms with Gasteiger partial charge in [-0.3, -0.25) is 9.52 Å². The highest BCUT2D eigenvalue weighted by Crippen LogP contribution is 2.32. The molecule has 2 N–H and O–H groups in total. The number of rotatable bonds is 8. The first-order valence-corrected chi connectivity index (χ1v) is 11.0. The zero-order valence-corrected chi connectivity index (χ0v) is 17.3. The Morgan fingerprint density at radius 3 is 2.50 bits per heavy atom. The zero-order valence-electron chi connectivity index (χ0n) is 15.7. The average Bonchev–Trinajstić information content (AvgIpc) is 3.48. The van der Waals surface area contributed by atoms with E-state index < -0.39 is 10.0 Å². The van der Waals surface area contributed by atoms with Crippen molar-refractivity contribution in [2.75, 3.05) is 11.3 Å².